The molecule has 0 aromatic carbocycles. The number of pyridine rings is 1. The Hall–Kier alpha value is -1.03. The normalized spacial score (nSPS) is 16.0. The number of alkyl halides is 1. The SMILES string of the molecule is CCc1cncc(C(Br)C(OC(C)(C)C)=C2CCC2)c1NC. The van der Waals surface area contributed by atoms with E-state index in [-0.39, 0.29) is 10.4 Å². The van der Waals surface area contributed by atoms with Crippen molar-refractivity contribution in [3.05, 3.63) is 34.9 Å². The van der Waals surface area contributed by atoms with E-state index in [2.05, 4.69) is 53.9 Å². The maximum absolute atomic E-state index is 6.31. The molecule has 0 saturated heterocycles. The number of nitrogens with zero attached hydrogens (tertiary/aromatic N) is 1. The number of halogens is 1. The second-order valence-corrected chi connectivity index (χ2v) is 7.68. The molecular weight excluding hydrogens is 340 g/mol. The van der Waals surface area contributed by atoms with Crippen molar-refractivity contribution in [2.45, 2.75) is 63.8 Å². The number of ether oxygens (including phenoxy) is 1. The molecule has 122 valence electrons. The van der Waals surface area contributed by atoms with Gasteiger partial charge in [0.25, 0.3) is 0 Å². The lowest BCUT2D eigenvalue weighted by Gasteiger charge is -2.32. The Bertz CT molecular complexity index is 555. The van der Waals surface area contributed by atoms with Gasteiger partial charge in [-0.25, -0.2) is 0 Å². The maximum Gasteiger partial charge on any atom is 0.114 e. The molecule has 1 aliphatic rings. The zero-order chi connectivity index (χ0) is 16.3. The largest absolute Gasteiger partial charge is 0.491 e. The average molecular weight is 367 g/mol. The van der Waals surface area contributed by atoms with Gasteiger partial charge in [-0.3, -0.25) is 4.98 Å². The molecule has 1 heterocycles. The minimum atomic E-state index is -0.195. The fourth-order valence-corrected chi connectivity index (χ4v) is 3.43. The molecule has 1 aliphatic carbocycles. The van der Waals surface area contributed by atoms with Crippen molar-refractivity contribution < 1.29 is 4.74 Å². The smallest absolute Gasteiger partial charge is 0.114 e. The molecule has 2 rings (SSSR count). The van der Waals surface area contributed by atoms with Gasteiger partial charge in [0.05, 0.1) is 0 Å². The van der Waals surface area contributed by atoms with Crippen LogP contribution < -0.4 is 5.32 Å². The summed E-state index contributed by atoms with van der Waals surface area (Å²) in [7, 11) is 1.97. The Balaban J connectivity index is 2.42. The van der Waals surface area contributed by atoms with Crippen molar-refractivity contribution in [2.24, 2.45) is 0 Å². The van der Waals surface area contributed by atoms with Gasteiger partial charge >= 0.3 is 0 Å². The summed E-state index contributed by atoms with van der Waals surface area (Å²) in [5, 5.41) is 3.34. The van der Waals surface area contributed by atoms with E-state index in [0.29, 0.717) is 0 Å². The zero-order valence-electron chi connectivity index (χ0n) is 14.3. The summed E-state index contributed by atoms with van der Waals surface area (Å²) in [6.07, 6.45) is 8.39. The van der Waals surface area contributed by atoms with Crippen molar-refractivity contribution >= 4 is 21.6 Å². The third-order valence-electron chi connectivity index (χ3n) is 3.91. The molecule has 1 aromatic rings. The van der Waals surface area contributed by atoms with Gasteiger partial charge < -0.3 is 10.1 Å². The molecule has 1 fully saturated rings. The number of nitrogens with one attached hydrogen (secondary N) is 1. The summed E-state index contributed by atoms with van der Waals surface area (Å²) >= 11 is 3.87. The van der Waals surface area contributed by atoms with Crippen LogP contribution in [0.5, 0.6) is 0 Å². The second kappa shape index (κ2) is 7.03. The van der Waals surface area contributed by atoms with Crippen molar-refractivity contribution in [3.63, 3.8) is 0 Å². The van der Waals surface area contributed by atoms with E-state index in [4.69, 9.17) is 4.74 Å². The first-order valence-corrected chi connectivity index (χ1v) is 8.98. The molecule has 1 N–H and O–H groups in total. The number of aromatic nitrogens is 1. The minimum absolute atomic E-state index is 0.0449. The number of allylic oxidation sites excluding steroid dienone is 2. The first-order valence-electron chi connectivity index (χ1n) is 8.07. The van der Waals surface area contributed by atoms with E-state index >= 15 is 0 Å². The van der Waals surface area contributed by atoms with Gasteiger partial charge in [-0.05, 0) is 57.6 Å². The lowest BCUT2D eigenvalue weighted by atomic mass is 9.89. The van der Waals surface area contributed by atoms with Crippen LogP contribution in [-0.4, -0.2) is 17.6 Å². The Morgan fingerprint density at radius 1 is 1.36 bits per heavy atom. The van der Waals surface area contributed by atoms with Gasteiger partial charge in [-0.15, -0.1) is 0 Å². The number of hydrogen-bond donors (Lipinski definition) is 1. The van der Waals surface area contributed by atoms with Gasteiger partial charge in [0.2, 0.25) is 0 Å². The lowest BCUT2D eigenvalue weighted by molar-refractivity contribution is 0.0444. The number of hydrogen-bond acceptors (Lipinski definition) is 3. The molecule has 1 saturated carbocycles. The van der Waals surface area contributed by atoms with Crippen LogP contribution in [0.1, 0.15) is 62.9 Å². The van der Waals surface area contributed by atoms with Crippen LogP contribution in [0, 0.1) is 0 Å². The van der Waals surface area contributed by atoms with Crippen LogP contribution in [-0.2, 0) is 11.2 Å². The number of aryl methyl sites for hydroxylation is 1. The highest BCUT2D eigenvalue weighted by atomic mass is 79.9. The van der Waals surface area contributed by atoms with E-state index in [1.165, 1.54) is 17.6 Å². The van der Waals surface area contributed by atoms with Gasteiger partial charge in [0.15, 0.2) is 0 Å². The van der Waals surface area contributed by atoms with Crippen molar-refractivity contribution in [2.75, 3.05) is 12.4 Å². The minimum Gasteiger partial charge on any atom is -0.491 e. The second-order valence-electron chi connectivity index (χ2n) is 6.76. The lowest BCUT2D eigenvalue weighted by Crippen LogP contribution is -2.23. The quantitative estimate of drug-likeness (QED) is 0.561. The molecular formula is C18H27BrN2O. The van der Waals surface area contributed by atoms with E-state index < -0.39 is 0 Å². The molecule has 1 atom stereocenters. The standard InChI is InChI=1S/C18H27BrN2O/c1-6-12-10-21-11-14(16(12)20-5)15(19)17(13-8-7-9-13)22-18(2,3)4/h10-11,15H,6-9H2,1-5H3,(H,20,21). The predicted molar refractivity (Wildman–Crippen MR) is 96.5 cm³/mol. The van der Waals surface area contributed by atoms with Crippen LogP contribution in [0.15, 0.2) is 23.7 Å². The number of rotatable bonds is 5. The Morgan fingerprint density at radius 3 is 2.50 bits per heavy atom. The van der Waals surface area contributed by atoms with E-state index in [1.54, 1.807) is 0 Å². The van der Waals surface area contributed by atoms with Crippen LogP contribution in [0.3, 0.4) is 0 Å². The van der Waals surface area contributed by atoms with Crippen molar-refractivity contribution in [3.8, 4) is 0 Å². The van der Waals surface area contributed by atoms with Crippen LogP contribution in [0.25, 0.3) is 0 Å². The molecule has 1 aromatic heterocycles. The maximum atomic E-state index is 6.31. The molecule has 0 radical (unpaired) electrons. The van der Waals surface area contributed by atoms with Crippen LogP contribution >= 0.6 is 15.9 Å². The van der Waals surface area contributed by atoms with Gasteiger partial charge in [0.1, 0.15) is 16.2 Å². The molecule has 0 spiro atoms. The van der Waals surface area contributed by atoms with Crippen LogP contribution in [0.2, 0.25) is 0 Å². The summed E-state index contributed by atoms with van der Waals surface area (Å²) in [5.74, 6) is 1.07. The molecule has 0 aliphatic heterocycles. The molecule has 0 bridgehead atoms. The first-order chi connectivity index (χ1) is 10.4. The number of anilines is 1. The topological polar surface area (TPSA) is 34.1 Å². The molecule has 22 heavy (non-hydrogen) atoms. The fourth-order valence-electron chi connectivity index (χ4n) is 2.66. The Labute approximate surface area is 142 Å². The predicted octanol–water partition coefficient (Wildman–Crippen LogP) is 5.37. The highest BCUT2D eigenvalue weighted by Gasteiger charge is 2.28. The highest BCUT2D eigenvalue weighted by molar-refractivity contribution is 9.09. The summed E-state index contributed by atoms with van der Waals surface area (Å²) in [5.41, 5.74) is 4.79. The van der Waals surface area contributed by atoms with Gasteiger partial charge in [-0.1, -0.05) is 22.9 Å². The summed E-state index contributed by atoms with van der Waals surface area (Å²) < 4.78 is 6.31. The summed E-state index contributed by atoms with van der Waals surface area (Å²) in [6, 6.07) is 0. The Morgan fingerprint density at radius 2 is 2.05 bits per heavy atom. The monoisotopic (exact) mass is 366 g/mol. The van der Waals surface area contributed by atoms with E-state index in [0.717, 1.165) is 36.3 Å². The average Bonchev–Trinajstić information content (AvgIpc) is 2.41. The van der Waals surface area contributed by atoms with Gasteiger partial charge in [0, 0.05) is 30.7 Å². The first kappa shape index (κ1) is 17.3. The summed E-state index contributed by atoms with van der Waals surface area (Å²) in [4.78, 5) is 4.46. The zero-order valence-corrected chi connectivity index (χ0v) is 15.9. The third-order valence-corrected chi connectivity index (χ3v) is 4.82. The Kier molecular flexibility index (Phi) is 5.54. The molecule has 3 nitrogen and oxygen atoms in total. The highest BCUT2D eigenvalue weighted by Crippen LogP contribution is 2.44. The van der Waals surface area contributed by atoms with Crippen molar-refractivity contribution in [1.29, 1.82) is 0 Å². The molecule has 4 heteroatoms. The molecule has 0 amide bonds. The van der Waals surface area contributed by atoms with Gasteiger partial charge in [-0.2, -0.15) is 0 Å². The third kappa shape index (κ3) is 3.83. The fraction of sp³-hybridized carbons (Fsp3) is 0.611. The van der Waals surface area contributed by atoms with Crippen molar-refractivity contribution in [1.82, 2.24) is 4.98 Å². The van der Waals surface area contributed by atoms with E-state index in [1.807, 2.05) is 19.4 Å². The van der Waals surface area contributed by atoms with Crippen LogP contribution in [0.4, 0.5) is 5.69 Å². The van der Waals surface area contributed by atoms with E-state index in [9.17, 15) is 0 Å². The molecule has 1 unspecified atom stereocenters. The summed E-state index contributed by atoms with van der Waals surface area (Å²) in [6.45, 7) is 8.46.